The highest BCUT2D eigenvalue weighted by atomic mass is 32.2. The van der Waals surface area contributed by atoms with Crippen LogP contribution in [0.25, 0.3) is 0 Å². The maximum absolute atomic E-state index is 12.7. The molecular weight excluding hydrogens is 384 g/mol. The summed E-state index contributed by atoms with van der Waals surface area (Å²) in [4.78, 5) is 24.0. The first-order valence-electron chi connectivity index (χ1n) is 9.03. The van der Waals surface area contributed by atoms with Crippen LogP contribution in [0.5, 0.6) is 0 Å². The van der Waals surface area contributed by atoms with E-state index in [2.05, 4.69) is 5.32 Å². The van der Waals surface area contributed by atoms with E-state index in [1.54, 1.807) is 12.1 Å². The Hall–Kier alpha value is -2.65. The molecule has 1 aromatic heterocycles. The maximum Gasteiger partial charge on any atom is 0.338 e. The van der Waals surface area contributed by atoms with E-state index in [0.29, 0.717) is 18.8 Å². The zero-order valence-electron chi connectivity index (χ0n) is 15.3. The zero-order valence-corrected chi connectivity index (χ0v) is 16.1. The Morgan fingerprint density at radius 3 is 2.61 bits per heavy atom. The molecule has 0 radical (unpaired) electrons. The molecule has 0 atom stereocenters. The van der Waals surface area contributed by atoms with Crippen molar-refractivity contribution < 1.29 is 27.2 Å². The summed E-state index contributed by atoms with van der Waals surface area (Å²) >= 11 is 0. The number of carbonyl (C=O) groups is 2. The summed E-state index contributed by atoms with van der Waals surface area (Å²) in [6.45, 7) is 0.676. The van der Waals surface area contributed by atoms with Gasteiger partial charge in [-0.05, 0) is 43.2 Å². The number of sulfonamides is 1. The number of ether oxygens (including phenoxy) is 1. The van der Waals surface area contributed by atoms with E-state index < -0.39 is 28.5 Å². The van der Waals surface area contributed by atoms with Gasteiger partial charge in [-0.1, -0.05) is 12.5 Å². The second kappa shape index (κ2) is 9.03. The van der Waals surface area contributed by atoms with Crippen molar-refractivity contribution in [2.45, 2.75) is 30.7 Å². The van der Waals surface area contributed by atoms with Gasteiger partial charge in [0.15, 0.2) is 6.61 Å². The minimum Gasteiger partial charge on any atom is -0.467 e. The summed E-state index contributed by atoms with van der Waals surface area (Å²) in [5.41, 5.74) is 0.0805. The van der Waals surface area contributed by atoms with Gasteiger partial charge in [-0.15, -0.1) is 0 Å². The van der Waals surface area contributed by atoms with E-state index >= 15 is 0 Å². The Labute approximate surface area is 163 Å². The van der Waals surface area contributed by atoms with Gasteiger partial charge in [0, 0.05) is 13.1 Å². The Kier molecular flexibility index (Phi) is 6.48. The van der Waals surface area contributed by atoms with Crippen LogP contribution in [0.2, 0.25) is 0 Å². The van der Waals surface area contributed by atoms with Gasteiger partial charge in [-0.3, -0.25) is 4.79 Å². The molecule has 1 amide bonds. The van der Waals surface area contributed by atoms with Gasteiger partial charge >= 0.3 is 5.97 Å². The highest BCUT2D eigenvalue weighted by Gasteiger charge is 2.26. The van der Waals surface area contributed by atoms with Gasteiger partial charge < -0.3 is 14.5 Å². The fourth-order valence-corrected chi connectivity index (χ4v) is 4.47. The second-order valence-corrected chi connectivity index (χ2v) is 8.36. The Morgan fingerprint density at radius 1 is 1.11 bits per heavy atom. The molecule has 1 N–H and O–H groups in total. The van der Waals surface area contributed by atoms with Gasteiger partial charge in [0.05, 0.1) is 23.3 Å². The Balaban J connectivity index is 1.58. The molecule has 0 aliphatic carbocycles. The first-order chi connectivity index (χ1) is 13.5. The SMILES string of the molecule is O=C(COC(=O)c1cccc(S(=O)(=O)N2CCCCC2)c1)NCc1ccco1. The van der Waals surface area contributed by atoms with E-state index in [1.807, 2.05) is 0 Å². The highest BCUT2D eigenvalue weighted by molar-refractivity contribution is 7.89. The fraction of sp³-hybridized carbons (Fsp3) is 0.368. The van der Waals surface area contributed by atoms with Crippen molar-refractivity contribution >= 4 is 21.9 Å². The maximum atomic E-state index is 12.7. The number of hydrogen-bond donors (Lipinski definition) is 1. The second-order valence-electron chi connectivity index (χ2n) is 6.42. The Morgan fingerprint density at radius 2 is 1.89 bits per heavy atom. The van der Waals surface area contributed by atoms with E-state index in [4.69, 9.17) is 9.15 Å². The Bertz CT molecular complexity index is 918. The van der Waals surface area contributed by atoms with Crippen molar-refractivity contribution in [1.82, 2.24) is 9.62 Å². The standard InChI is InChI=1S/C19H22N2O6S/c22-18(20-13-16-7-5-11-26-16)14-27-19(23)15-6-4-8-17(12-15)28(24,25)21-9-2-1-3-10-21/h4-8,11-12H,1-3,9-10,13-14H2,(H,20,22). The third-order valence-corrected chi connectivity index (χ3v) is 6.29. The average Bonchev–Trinajstić information content (AvgIpc) is 3.25. The van der Waals surface area contributed by atoms with Crippen LogP contribution in [0.4, 0.5) is 0 Å². The summed E-state index contributed by atoms with van der Waals surface area (Å²) in [6, 6.07) is 9.10. The van der Waals surface area contributed by atoms with Crippen LogP contribution in [-0.4, -0.2) is 44.3 Å². The molecule has 1 fully saturated rings. The number of furan rings is 1. The van der Waals surface area contributed by atoms with Gasteiger partial charge in [0.1, 0.15) is 5.76 Å². The van der Waals surface area contributed by atoms with Crippen LogP contribution in [0.3, 0.4) is 0 Å². The summed E-state index contributed by atoms with van der Waals surface area (Å²) in [7, 11) is -3.65. The number of amides is 1. The number of nitrogens with zero attached hydrogens (tertiary/aromatic N) is 1. The van der Waals surface area contributed by atoms with E-state index in [-0.39, 0.29) is 17.0 Å². The van der Waals surface area contributed by atoms with Crippen molar-refractivity contribution in [2.24, 2.45) is 0 Å². The van der Waals surface area contributed by atoms with Gasteiger partial charge in [-0.25, -0.2) is 13.2 Å². The molecule has 0 spiro atoms. The van der Waals surface area contributed by atoms with Crippen molar-refractivity contribution in [3.63, 3.8) is 0 Å². The number of carbonyl (C=O) groups excluding carboxylic acids is 2. The molecule has 2 heterocycles. The molecule has 1 aromatic carbocycles. The number of esters is 1. The quantitative estimate of drug-likeness (QED) is 0.705. The lowest BCUT2D eigenvalue weighted by molar-refractivity contribution is -0.124. The van der Waals surface area contributed by atoms with Gasteiger partial charge in [0.25, 0.3) is 5.91 Å². The van der Waals surface area contributed by atoms with E-state index in [0.717, 1.165) is 19.3 Å². The van der Waals surface area contributed by atoms with Crippen LogP contribution in [-0.2, 0) is 26.1 Å². The largest absolute Gasteiger partial charge is 0.467 e. The van der Waals surface area contributed by atoms with Gasteiger partial charge in [-0.2, -0.15) is 4.31 Å². The summed E-state index contributed by atoms with van der Waals surface area (Å²) in [6.07, 6.45) is 4.16. The van der Waals surface area contributed by atoms with Crippen LogP contribution in [0, 0.1) is 0 Å². The lowest BCUT2D eigenvalue weighted by Crippen LogP contribution is -2.35. The van der Waals surface area contributed by atoms with Crippen molar-refractivity contribution in [2.75, 3.05) is 19.7 Å². The third-order valence-electron chi connectivity index (χ3n) is 4.40. The molecular formula is C19H22N2O6S. The number of nitrogens with one attached hydrogen (secondary N) is 1. The number of rotatable bonds is 7. The molecule has 0 bridgehead atoms. The summed E-state index contributed by atoms with van der Waals surface area (Å²) in [5.74, 6) is -0.666. The van der Waals surface area contributed by atoms with Gasteiger partial charge in [0.2, 0.25) is 10.0 Å². The predicted octanol–water partition coefficient (Wildman–Crippen LogP) is 1.93. The molecule has 9 heteroatoms. The number of hydrogen-bond acceptors (Lipinski definition) is 6. The predicted molar refractivity (Wildman–Crippen MR) is 99.9 cm³/mol. The minimum absolute atomic E-state index is 0.0473. The van der Waals surface area contributed by atoms with Crippen LogP contribution >= 0.6 is 0 Å². The summed E-state index contributed by atoms with van der Waals surface area (Å²) < 4.78 is 37.0. The number of benzene rings is 1. The van der Waals surface area contributed by atoms with E-state index in [1.165, 1.54) is 34.8 Å². The molecule has 1 saturated heterocycles. The first kappa shape index (κ1) is 20.1. The van der Waals surface area contributed by atoms with Crippen LogP contribution in [0.1, 0.15) is 35.4 Å². The molecule has 0 saturated carbocycles. The lowest BCUT2D eigenvalue weighted by atomic mass is 10.2. The topological polar surface area (TPSA) is 106 Å². The van der Waals surface area contributed by atoms with Crippen molar-refractivity contribution in [3.8, 4) is 0 Å². The third kappa shape index (κ3) is 4.99. The molecule has 3 rings (SSSR count). The normalized spacial score (nSPS) is 15.1. The molecule has 8 nitrogen and oxygen atoms in total. The fourth-order valence-electron chi connectivity index (χ4n) is 2.90. The smallest absolute Gasteiger partial charge is 0.338 e. The number of piperidine rings is 1. The van der Waals surface area contributed by atoms with Crippen molar-refractivity contribution in [1.29, 1.82) is 0 Å². The minimum atomic E-state index is -3.65. The van der Waals surface area contributed by atoms with Crippen molar-refractivity contribution in [3.05, 3.63) is 54.0 Å². The van der Waals surface area contributed by atoms with Crippen LogP contribution in [0.15, 0.2) is 52.0 Å². The highest BCUT2D eigenvalue weighted by Crippen LogP contribution is 2.21. The molecule has 0 unspecified atom stereocenters. The molecule has 2 aromatic rings. The zero-order chi connectivity index (χ0) is 20.0. The van der Waals surface area contributed by atoms with Crippen LogP contribution < -0.4 is 5.32 Å². The first-order valence-corrected chi connectivity index (χ1v) is 10.5. The molecule has 28 heavy (non-hydrogen) atoms. The monoisotopic (exact) mass is 406 g/mol. The molecule has 1 aliphatic rings. The molecule has 1 aliphatic heterocycles. The summed E-state index contributed by atoms with van der Waals surface area (Å²) in [5, 5.41) is 2.56. The average molecular weight is 406 g/mol. The molecule has 150 valence electrons. The lowest BCUT2D eigenvalue weighted by Gasteiger charge is -2.25. The van der Waals surface area contributed by atoms with E-state index in [9.17, 15) is 18.0 Å².